The summed E-state index contributed by atoms with van der Waals surface area (Å²) < 4.78 is 27.8. The summed E-state index contributed by atoms with van der Waals surface area (Å²) in [7, 11) is -3.51. The molecular weight excluding hydrogens is 304 g/mol. The Morgan fingerprint density at radius 1 is 1.19 bits per heavy atom. The molecule has 2 aromatic rings. The highest BCUT2D eigenvalue weighted by Gasteiger charge is 2.17. The average molecular weight is 324 g/mol. The summed E-state index contributed by atoms with van der Waals surface area (Å²) in [6.45, 7) is 7.45. The van der Waals surface area contributed by atoms with E-state index in [4.69, 9.17) is 0 Å². The molecule has 1 heterocycles. The van der Waals surface area contributed by atoms with Crippen molar-refractivity contribution in [1.29, 1.82) is 0 Å². The minimum Gasteiger partial charge on any atom is -0.313 e. The van der Waals surface area contributed by atoms with E-state index in [0.29, 0.717) is 16.4 Å². The quantitative estimate of drug-likeness (QED) is 0.857. The number of sulfonamides is 1. The molecule has 6 heteroatoms. The first kappa shape index (κ1) is 16.0. The van der Waals surface area contributed by atoms with Crippen LogP contribution in [-0.2, 0) is 16.6 Å². The van der Waals surface area contributed by atoms with Crippen LogP contribution in [0.25, 0.3) is 0 Å². The molecule has 0 saturated carbocycles. The summed E-state index contributed by atoms with van der Waals surface area (Å²) in [6.07, 6.45) is 0. The fraction of sp³-hybridized carbons (Fsp3) is 0.333. The van der Waals surface area contributed by atoms with Crippen LogP contribution in [0.5, 0.6) is 0 Å². The van der Waals surface area contributed by atoms with E-state index in [0.717, 1.165) is 23.2 Å². The molecule has 2 N–H and O–H groups in total. The molecule has 1 aromatic carbocycles. The van der Waals surface area contributed by atoms with Crippen LogP contribution in [0.3, 0.4) is 0 Å². The van der Waals surface area contributed by atoms with Crippen molar-refractivity contribution in [3.05, 3.63) is 46.3 Å². The number of hydrogen-bond acceptors (Lipinski definition) is 4. The van der Waals surface area contributed by atoms with Crippen molar-refractivity contribution < 1.29 is 8.42 Å². The minimum atomic E-state index is -3.51. The molecule has 114 valence electrons. The van der Waals surface area contributed by atoms with Crippen LogP contribution >= 0.6 is 11.3 Å². The number of aryl methyl sites for hydroxylation is 2. The van der Waals surface area contributed by atoms with Gasteiger partial charge in [0, 0.05) is 6.54 Å². The van der Waals surface area contributed by atoms with E-state index in [2.05, 4.69) is 10.0 Å². The van der Waals surface area contributed by atoms with E-state index in [-0.39, 0.29) is 0 Å². The molecule has 0 unspecified atom stereocenters. The average Bonchev–Trinajstić information content (AvgIpc) is 2.89. The SMILES string of the molecule is CCNCc1csc(S(=O)(=O)Nc2ccc(C)cc2C)c1. The highest BCUT2D eigenvalue weighted by molar-refractivity contribution is 7.94. The van der Waals surface area contributed by atoms with Gasteiger partial charge in [-0.3, -0.25) is 4.72 Å². The van der Waals surface area contributed by atoms with Crippen LogP contribution in [0.2, 0.25) is 0 Å². The first-order valence-corrected chi connectivity index (χ1v) is 9.17. The van der Waals surface area contributed by atoms with E-state index in [1.807, 2.05) is 38.3 Å². The number of benzene rings is 1. The highest BCUT2D eigenvalue weighted by atomic mass is 32.2. The lowest BCUT2D eigenvalue weighted by atomic mass is 10.1. The second-order valence-electron chi connectivity index (χ2n) is 4.98. The molecule has 0 bridgehead atoms. The van der Waals surface area contributed by atoms with Crippen molar-refractivity contribution >= 4 is 27.0 Å². The molecule has 0 aliphatic heterocycles. The second kappa shape index (κ2) is 6.60. The number of anilines is 1. The highest BCUT2D eigenvalue weighted by Crippen LogP contribution is 2.25. The van der Waals surface area contributed by atoms with Gasteiger partial charge in [-0.2, -0.15) is 0 Å². The predicted octanol–water partition coefficient (Wildman–Crippen LogP) is 3.28. The van der Waals surface area contributed by atoms with Gasteiger partial charge in [-0.1, -0.05) is 24.6 Å². The summed E-state index contributed by atoms with van der Waals surface area (Å²) >= 11 is 1.24. The monoisotopic (exact) mass is 324 g/mol. The molecule has 1 aromatic heterocycles. The first-order chi connectivity index (χ1) is 9.92. The maximum absolute atomic E-state index is 12.4. The van der Waals surface area contributed by atoms with Crippen LogP contribution in [-0.4, -0.2) is 15.0 Å². The third-order valence-corrected chi connectivity index (χ3v) is 5.95. The van der Waals surface area contributed by atoms with Crippen molar-refractivity contribution in [2.24, 2.45) is 0 Å². The maximum Gasteiger partial charge on any atom is 0.271 e. The minimum absolute atomic E-state index is 0.343. The summed E-state index contributed by atoms with van der Waals surface area (Å²) in [4.78, 5) is 0. The van der Waals surface area contributed by atoms with E-state index < -0.39 is 10.0 Å². The number of nitrogens with one attached hydrogen (secondary N) is 2. The van der Waals surface area contributed by atoms with Crippen molar-refractivity contribution in [2.45, 2.75) is 31.5 Å². The number of thiophene rings is 1. The number of hydrogen-bond donors (Lipinski definition) is 2. The van der Waals surface area contributed by atoms with Gasteiger partial charge in [0.15, 0.2) is 0 Å². The van der Waals surface area contributed by atoms with Gasteiger partial charge in [0.2, 0.25) is 0 Å². The largest absolute Gasteiger partial charge is 0.313 e. The van der Waals surface area contributed by atoms with Crippen LogP contribution in [0, 0.1) is 13.8 Å². The molecule has 0 radical (unpaired) electrons. The zero-order valence-corrected chi connectivity index (χ0v) is 14.1. The molecule has 2 rings (SSSR count). The van der Waals surface area contributed by atoms with E-state index in [1.54, 1.807) is 12.1 Å². The topological polar surface area (TPSA) is 58.2 Å². The molecular formula is C15H20N2O2S2. The maximum atomic E-state index is 12.4. The summed E-state index contributed by atoms with van der Waals surface area (Å²) in [5, 5.41) is 5.06. The van der Waals surface area contributed by atoms with Gasteiger partial charge in [0.25, 0.3) is 10.0 Å². The second-order valence-corrected chi connectivity index (χ2v) is 7.80. The van der Waals surface area contributed by atoms with Gasteiger partial charge < -0.3 is 5.32 Å². The Morgan fingerprint density at radius 2 is 1.95 bits per heavy atom. The lowest BCUT2D eigenvalue weighted by Crippen LogP contribution is -2.13. The van der Waals surface area contributed by atoms with Gasteiger partial charge in [0.1, 0.15) is 4.21 Å². The van der Waals surface area contributed by atoms with Crippen LogP contribution in [0.1, 0.15) is 23.6 Å². The van der Waals surface area contributed by atoms with Gasteiger partial charge in [-0.25, -0.2) is 8.42 Å². The zero-order valence-electron chi connectivity index (χ0n) is 12.4. The molecule has 0 aliphatic rings. The number of rotatable bonds is 6. The molecule has 0 aliphatic carbocycles. The van der Waals surface area contributed by atoms with Crippen molar-refractivity contribution in [3.8, 4) is 0 Å². The Morgan fingerprint density at radius 3 is 2.62 bits per heavy atom. The molecule has 0 amide bonds. The fourth-order valence-corrected chi connectivity index (χ4v) is 4.32. The zero-order chi connectivity index (χ0) is 15.5. The lowest BCUT2D eigenvalue weighted by molar-refractivity contribution is 0.603. The molecule has 4 nitrogen and oxygen atoms in total. The summed E-state index contributed by atoms with van der Waals surface area (Å²) in [6, 6.07) is 7.38. The van der Waals surface area contributed by atoms with Crippen LogP contribution < -0.4 is 10.0 Å². The Bertz CT molecular complexity index is 721. The smallest absolute Gasteiger partial charge is 0.271 e. The van der Waals surface area contributed by atoms with E-state index in [9.17, 15) is 8.42 Å². The Labute approximate surface area is 130 Å². The Hall–Kier alpha value is -1.37. The standard InChI is InChI=1S/C15H20N2O2S2/c1-4-16-9-13-8-15(20-10-13)21(18,19)17-14-6-5-11(2)7-12(14)3/h5-8,10,16-17H,4,9H2,1-3H3. The van der Waals surface area contributed by atoms with Gasteiger partial charge in [-0.05, 0) is 49.0 Å². The van der Waals surface area contributed by atoms with Crippen molar-refractivity contribution in [1.82, 2.24) is 5.32 Å². The summed E-state index contributed by atoms with van der Waals surface area (Å²) in [5.74, 6) is 0. The fourth-order valence-electron chi connectivity index (χ4n) is 1.98. The summed E-state index contributed by atoms with van der Waals surface area (Å²) in [5.41, 5.74) is 3.65. The molecule has 21 heavy (non-hydrogen) atoms. The van der Waals surface area contributed by atoms with Crippen molar-refractivity contribution in [2.75, 3.05) is 11.3 Å². The van der Waals surface area contributed by atoms with E-state index >= 15 is 0 Å². The van der Waals surface area contributed by atoms with Crippen LogP contribution in [0.4, 0.5) is 5.69 Å². The third kappa shape index (κ3) is 4.06. The predicted molar refractivity (Wildman–Crippen MR) is 88.4 cm³/mol. The molecule has 0 saturated heterocycles. The third-order valence-electron chi connectivity index (χ3n) is 3.10. The van der Waals surface area contributed by atoms with Crippen LogP contribution in [0.15, 0.2) is 33.9 Å². The van der Waals surface area contributed by atoms with E-state index in [1.165, 1.54) is 11.3 Å². The molecule has 0 spiro atoms. The first-order valence-electron chi connectivity index (χ1n) is 6.80. The Balaban J connectivity index is 2.19. The molecule has 0 atom stereocenters. The lowest BCUT2D eigenvalue weighted by Gasteiger charge is -2.09. The normalized spacial score (nSPS) is 11.6. The van der Waals surface area contributed by atoms with Crippen molar-refractivity contribution in [3.63, 3.8) is 0 Å². The molecule has 0 fully saturated rings. The van der Waals surface area contributed by atoms with Gasteiger partial charge in [-0.15, -0.1) is 11.3 Å². The Kier molecular flexibility index (Phi) is 5.03. The van der Waals surface area contributed by atoms with Gasteiger partial charge >= 0.3 is 0 Å². The van der Waals surface area contributed by atoms with Gasteiger partial charge in [0.05, 0.1) is 5.69 Å².